The number of para-hydroxylation sites is 1. The number of rotatable bonds is 5. The van der Waals surface area contributed by atoms with Crippen LogP contribution in [-0.4, -0.2) is 41.1 Å². The zero-order valence-corrected chi connectivity index (χ0v) is 18.4. The highest BCUT2D eigenvalue weighted by Gasteiger charge is 2.52. The number of imide groups is 1. The minimum Gasteiger partial charge on any atom is -0.452 e. The summed E-state index contributed by atoms with van der Waals surface area (Å²) in [6.07, 6.45) is 0.716. The van der Waals surface area contributed by atoms with Gasteiger partial charge in [-0.25, -0.2) is 4.79 Å². The highest BCUT2D eigenvalue weighted by Crippen LogP contribution is 2.43. The molecule has 166 valence electrons. The van der Waals surface area contributed by atoms with Crippen LogP contribution in [0.3, 0.4) is 0 Å². The molecule has 2 aromatic rings. The van der Waals surface area contributed by atoms with E-state index in [4.69, 9.17) is 27.9 Å². The normalized spacial score (nSPS) is 24.8. The number of carbonyl (C=O) groups excluding carboxylic acids is 4. The van der Waals surface area contributed by atoms with E-state index in [0.29, 0.717) is 24.2 Å². The van der Waals surface area contributed by atoms with Crippen molar-refractivity contribution >= 4 is 58.3 Å². The van der Waals surface area contributed by atoms with Crippen molar-refractivity contribution in [3.8, 4) is 0 Å². The highest BCUT2D eigenvalue weighted by molar-refractivity contribution is 6.31. The second-order valence-electron chi connectivity index (χ2n) is 7.77. The predicted octanol–water partition coefficient (Wildman–Crippen LogP) is 3.60. The average molecular weight is 475 g/mol. The summed E-state index contributed by atoms with van der Waals surface area (Å²) in [6.45, 7) is -0.443. The Morgan fingerprint density at radius 2 is 1.47 bits per heavy atom. The van der Waals surface area contributed by atoms with Gasteiger partial charge in [0.15, 0.2) is 6.61 Å². The third kappa shape index (κ3) is 4.49. The third-order valence-electron chi connectivity index (χ3n) is 5.66. The molecule has 0 aromatic heterocycles. The van der Waals surface area contributed by atoms with Crippen LogP contribution in [0.15, 0.2) is 54.6 Å². The van der Waals surface area contributed by atoms with E-state index >= 15 is 0 Å². The molecule has 0 spiro atoms. The number of halogens is 2. The Bertz CT molecular complexity index is 1020. The summed E-state index contributed by atoms with van der Waals surface area (Å²) < 4.78 is 5.04. The van der Waals surface area contributed by atoms with Gasteiger partial charge < -0.3 is 10.1 Å². The van der Waals surface area contributed by atoms with E-state index in [1.807, 2.05) is 6.07 Å². The molecule has 2 fully saturated rings. The molecule has 1 N–H and O–H groups in total. The van der Waals surface area contributed by atoms with Gasteiger partial charge in [0.25, 0.3) is 5.91 Å². The van der Waals surface area contributed by atoms with Crippen LogP contribution in [0.25, 0.3) is 0 Å². The predicted molar refractivity (Wildman–Crippen MR) is 120 cm³/mol. The van der Waals surface area contributed by atoms with Crippen LogP contribution in [0.4, 0.5) is 11.4 Å². The van der Waals surface area contributed by atoms with E-state index in [-0.39, 0.29) is 28.1 Å². The molecule has 9 heteroatoms. The number of nitrogens with one attached hydrogen (secondary N) is 1. The van der Waals surface area contributed by atoms with Crippen molar-refractivity contribution in [1.29, 1.82) is 0 Å². The molecule has 1 heterocycles. The number of ether oxygens (including phenoxy) is 1. The first kappa shape index (κ1) is 22.3. The summed E-state index contributed by atoms with van der Waals surface area (Å²) in [4.78, 5) is 51.0. The van der Waals surface area contributed by atoms with Gasteiger partial charge in [0, 0.05) is 5.69 Å². The van der Waals surface area contributed by atoms with Gasteiger partial charge in [0.1, 0.15) is 0 Å². The van der Waals surface area contributed by atoms with Crippen molar-refractivity contribution in [2.45, 2.75) is 23.6 Å². The first-order valence-corrected chi connectivity index (χ1v) is 11.0. The summed E-state index contributed by atoms with van der Waals surface area (Å²) in [5, 5.41) is 1.91. The molecule has 2 aromatic carbocycles. The number of alkyl halides is 2. The van der Waals surface area contributed by atoms with Gasteiger partial charge >= 0.3 is 5.97 Å². The topological polar surface area (TPSA) is 92.8 Å². The second kappa shape index (κ2) is 9.30. The fraction of sp³-hybridized carbons (Fsp3) is 0.304. The number of anilines is 2. The number of nitrogens with zero attached hydrogens (tertiary/aromatic N) is 1. The molecule has 4 rings (SSSR count). The van der Waals surface area contributed by atoms with Gasteiger partial charge in [-0.1, -0.05) is 18.2 Å². The van der Waals surface area contributed by atoms with Gasteiger partial charge in [-0.05, 0) is 49.2 Å². The number of amides is 3. The molecule has 0 radical (unpaired) electrons. The van der Waals surface area contributed by atoms with Gasteiger partial charge in [-0.3, -0.25) is 19.3 Å². The molecule has 1 saturated carbocycles. The van der Waals surface area contributed by atoms with E-state index in [0.717, 1.165) is 4.90 Å². The van der Waals surface area contributed by atoms with Gasteiger partial charge in [-0.2, -0.15) is 0 Å². The van der Waals surface area contributed by atoms with Gasteiger partial charge in [0.05, 0.1) is 33.8 Å². The summed E-state index contributed by atoms with van der Waals surface area (Å²) in [7, 11) is 0. The standard InChI is InChI=1S/C23H20Cl2N2O5/c24-18-10-16-17(11-19(18)25)22(30)27(21(16)29)15-8-6-13(7-9-15)23(31)32-12-20(28)26-14-4-2-1-3-5-14/h1-9,16-19H,10-12H2,(H,26,28)/t16-,17-,18+,19+/m1/s1. The molecule has 4 atom stereocenters. The maximum Gasteiger partial charge on any atom is 0.338 e. The maximum absolute atomic E-state index is 12.8. The number of esters is 1. The molecule has 0 bridgehead atoms. The van der Waals surface area contributed by atoms with E-state index in [1.54, 1.807) is 24.3 Å². The van der Waals surface area contributed by atoms with Crippen molar-refractivity contribution in [2.75, 3.05) is 16.8 Å². The zero-order chi connectivity index (χ0) is 22.8. The monoisotopic (exact) mass is 474 g/mol. The van der Waals surface area contributed by atoms with Crippen molar-refractivity contribution in [2.24, 2.45) is 11.8 Å². The molecule has 1 saturated heterocycles. The maximum atomic E-state index is 12.8. The summed E-state index contributed by atoms with van der Waals surface area (Å²) >= 11 is 12.4. The lowest BCUT2D eigenvalue weighted by Crippen LogP contribution is -2.34. The SMILES string of the molecule is O=C(COC(=O)c1ccc(N2C(=O)[C@@H]3C[C@H](Cl)[C@@H](Cl)C[C@H]3C2=O)cc1)Nc1ccccc1. The Kier molecular flexibility index (Phi) is 6.48. The number of carbonyl (C=O) groups is 4. The van der Waals surface area contributed by atoms with Crippen LogP contribution >= 0.6 is 23.2 Å². The summed E-state index contributed by atoms with van der Waals surface area (Å²) in [5.41, 5.74) is 1.16. The Labute approximate surface area is 194 Å². The highest BCUT2D eigenvalue weighted by atomic mass is 35.5. The van der Waals surface area contributed by atoms with Crippen LogP contribution < -0.4 is 10.2 Å². The lowest BCUT2D eigenvalue weighted by Gasteiger charge is -2.28. The Hall–Kier alpha value is -2.90. The third-order valence-corrected chi connectivity index (χ3v) is 6.76. The Morgan fingerprint density at radius 3 is 2.03 bits per heavy atom. The number of hydrogen-bond acceptors (Lipinski definition) is 5. The fourth-order valence-electron chi connectivity index (χ4n) is 4.03. The minimum atomic E-state index is -0.692. The van der Waals surface area contributed by atoms with Crippen LogP contribution in [0.5, 0.6) is 0 Å². The molecule has 1 aliphatic carbocycles. The van der Waals surface area contributed by atoms with Crippen molar-refractivity contribution < 1.29 is 23.9 Å². The zero-order valence-electron chi connectivity index (χ0n) is 16.9. The molecular formula is C23H20Cl2N2O5. The fourth-order valence-corrected chi connectivity index (χ4v) is 4.62. The van der Waals surface area contributed by atoms with Crippen molar-refractivity contribution in [3.05, 3.63) is 60.2 Å². The van der Waals surface area contributed by atoms with E-state index in [1.165, 1.54) is 24.3 Å². The number of benzene rings is 2. The van der Waals surface area contributed by atoms with Gasteiger partial charge in [-0.15, -0.1) is 23.2 Å². The summed E-state index contributed by atoms with van der Waals surface area (Å²) in [5.74, 6) is -2.72. The molecule has 32 heavy (non-hydrogen) atoms. The van der Waals surface area contributed by atoms with Crippen LogP contribution in [-0.2, 0) is 19.1 Å². The Balaban J connectivity index is 1.37. The molecule has 0 unspecified atom stereocenters. The quantitative estimate of drug-likeness (QED) is 0.406. The average Bonchev–Trinajstić information content (AvgIpc) is 3.02. The molecule has 2 aliphatic rings. The molecular weight excluding hydrogens is 455 g/mol. The first-order valence-electron chi connectivity index (χ1n) is 10.1. The first-order chi connectivity index (χ1) is 15.3. The lowest BCUT2D eigenvalue weighted by molar-refractivity contribution is -0.122. The largest absolute Gasteiger partial charge is 0.452 e. The van der Waals surface area contributed by atoms with Crippen LogP contribution in [0, 0.1) is 11.8 Å². The smallest absolute Gasteiger partial charge is 0.338 e. The minimum absolute atomic E-state index is 0.194. The van der Waals surface area contributed by atoms with E-state index in [2.05, 4.69) is 5.32 Å². The van der Waals surface area contributed by atoms with E-state index in [9.17, 15) is 19.2 Å². The number of fused-ring (bicyclic) bond motifs is 1. The van der Waals surface area contributed by atoms with Crippen molar-refractivity contribution in [3.63, 3.8) is 0 Å². The lowest BCUT2D eigenvalue weighted by atomic mass is 9.80. The summed E-state index contributed by atoms with van der Waals surface area (Å²) in [6, 6.07) is 14.7. The molecule has 7 nitrogen and oxygen atoms in total. The van der Waals surface area contributed by atoms with Gasteiger partial charge in [0.2, 0.25) is 11.8 Å². The second-order valence-corrected chi connectivity index (χ2v) is 8.89. The van der Waals surface area contributed by atoms with Crippen LogP contribution in [0.1, 0.15) is 23.2 Å². The van der Waals surface area contributed by atoms with Crippen LogP contribution in [0.2, 0.25) is 0 Å². The Morgan fingerprint density at radius 1 is 0.906 bits per heavy atom. The number of hydrogen-bond donors (Lipinski definition) is 1. The molecule has 1 aliphatic heterocycles. The molecule has 3 amide bonds. The van der Waals surface area contributed by atoms with Crippen molar-refractivity contribution in [1.82, 2.24) is 0 Å². The van der Waals surface area contributed by atoms with E-state index < -0.39 is 30.3 Å².